The average Bonchev–Trinajstić information content (AvgIpc) is 2.09. The molecule has 0 spiro atoms. The zero-order chi connectivity index (χ0) is 7.72. The summed E-state index contributed by atoms with van der Waals surface area (Å²) < 4.78 is 0. The molecule has 3 atom stereocenters. The van der Waals surface area contributed by atoms with Gasteiger partial charge in [-0.3, -0.25) is 0 Å². The highest BCUT2D eigenvalue weighted by Crippen LogP contribution is 2.37. The van der Waals surface area contributed by atoms with Gasteiger partial charge in [0.2, 0.25) is 0 Å². The first-order valence-corrected chi connectivity index (χ1v) is 4.03. The summed E-state index contributed by atoms with van der Waals surface area (Å²) >= 11 is 0. The molecule has 0 aromatic heterocycles. The standard InChI is InChI=1S/C9H16O/c1-4-8-6(2)5-9(10)7(8)3/h6,8-10H,3-5H2,1-2H3. The van der Waals surface area contributed by atoms with Gasteiger partial charge in [0.05, 0.1) is 6.10 Å². The molecule has 1 saturated carbocycles. The topological polar surface area (TPSA) is 20.2 Å². The normalized spacial score (nSPS) is 40.7. The first kappa shape index (κ1) is 7.80. The molecule has 1 aliphatic carbocycles. The number of aliphatic hydroxyl groups excluding tert-OH is 1. The number of hydrogen-bond donors (Lipinski definition) is 1. The molecule has 0 bridgehead atoms. The molecule has 1 N–H and O–H groups in total. The third kappa shape index (κ3) is 1.10. The average molecular weight is 140 g/mol. The molecule has 0 saturated heterocycles. The first-order chi connectivity index (χ1) is 4.66. The zero-order valence-electron chi connectivity index (χ0n) is 6.80. The van der Waals surface area contributed by atoms with Crippen LogP contribution in [0.2, 0.25) is 0 Å². The van der Waals surface area contributed by atoms with Gasteiger partial charge in [0.1, 0.15) is 0 Å². The van der Waals surface area contributed by atoms with Crippen molar-refractivity contribution in [2.45, 2.75) is 32.8 Å². The van der Waals surface area contributed by atoms with Crippen molar-refractivity contribution in [3.8, 4) is 0 Å². The summed E-state index contributed by atoms with van der Waals surface area (Å²) in [6, 6.07) is 0. The maximum atomic E-state index is 9.37. The lowest BCUT2D eigenvalue weighted by molar-refractivity contribution is 0.210. The van der Waals surface area contributed by atoms with Crippen molar-refractivity contribution in [3.63, 3.8) is 0 Å². The fourth-order valence-electron chi connectivity index (χ4n) is 1.94. The smallest absolute Gasteiger partial charge is 0.0753 e. The van der Waals surface area contributed by atoms with E-state index < -0.39 is 0 Å². The van der Waals surface area contributed by atoms with E-state index >= 15 is 0 Å². The fourth-order valence-corrected chi connectivity index (χ4v) is 1.94. The molecule has 1 aliphatic rings. The highest BCUT2D eigenvalue weighted by molar-refractivity contribution is 5.14. The Hall–Kier alpha value is -0.300. The molecule has 0 aromatic carbocycles. The molecule has 0 aromatic rings. The molecule has 10 heavy (non-hydrogen) atoms. The third-order valence-electron chi connectivity index (χ3n) is 2.63. The van der Waals surface area contributed by atoms with Crippen molar-refractivity contribution < 1.29 is 5.11 Å². The summed E-state index contributed by atoms with van der Waals surface area (Å²) in [5.74, 6) is 1.20. The van der Waals surface area contributed by atoms with Gasteiger partial charge in [-0.05, 0) is 30.3 Å². The van der Waals surface area contributed by atoms with Gasteiger partial charge in [-0.2, -0.15) is 0 Å². The quantitative estimate of drug-likeness (QED) is 0.552. The fraction of sp³-hybridized carbons (Fsp3) is 0.778. The summed E-state index contributed by atoms with van der Waals surface area (Å²) in [5.41, 5.74) is 1.05. The van der Waals surface area contributed by atoms with Crippen LogP contribution < -0.4 is 0 Å². The van der Waals surface area contributed by atoms with Gasteiger partial charge in [0.15, 0.2) is 0 Å². The Bertz CT molecular complexity index is 140. The van der Waals surface area contributed by atoms with Crippen LogP contribution in [-0.2, 0) is 0 Å². The zero-order valence-corrected chi connectivity index (χ0v) is 6.80. The van der Waals surface area contributed by atoms with E-state index in [4.69, 9.17) is 0 Å². The van der Waals surface area contributed by atoms with Crippen molar-refractivity contribution in [2.75, 3.05) is 0 Å². The van der Waals surface area contributed by atoms with Crippen LogP contribution in [0.15, 0.2) is 12.2 Å². The highest BCUT2D eigenvalue weighted by Gasteiger charge is 2.31. The summed E-state index contributed by atoms with van der Waals surface area (Å²) in [6.45, 7) is 8.24. The lowest BCUT2D eigenvalue weighted by Gasteiger charge is -2.12. The SMILES string of the molecule is C=C1C(O)CC(C)C1CC. The Morgan fingerprint density at radius 3 is 2.50 bits per heavy atom. The molecule has 0 amide bonds. The second-order valence-electron chi connectivity index (χ2n) is 3.32. The Morgan fingerprint density at radius 2 is 2.30 bits per heavy atom. The molecule has 58 valence electrons. The maximum Gasteiger partial charge on any atom is 0.0753 e. The molecule has 1 rings (SSSR count). The number of aliphatic hydroxyl groups is 1. The Kier molecular flexibility index (Phi) is 2.14. The Labute approximate surface area is 62.8 Å². The summed E-state index contributed by atoms with van der Waals surface area (Å²) in [6.07, 6.45) is 1.81. The Balaban J connectivity index is 2.64. The van der Waals surface area contributed by atoms with Gasteiger partial charge in [-0.1, -0.05) is 20.4 Å². The van der Waals surface area contributed by atoms with E-state index in [1.165, 1.54) is 0 Å². The van der Waals surface area contributed by atoms with Gasteiger partial charge < -0.3 is 5.11 Å². The van der Waals surface area contributed by atoms with E-state index in [1.807, 2.05) is 0 Å². The molecule has 3 unspecified atom stereocenters. The van der Waals surface area contributed by atoms with E-state index in [1.54, 1.807) is 0 Å². The second kappa shape index (κ2) is 2.75. The molecule has 0 heterocycles. The molecular formula is C9H16O. The van der Waals surface area contributed by atoms with Crippen LogP contribution in [0.1, 0.15) is 26.7 Å². The number of rotatable bonds is 1. The van der Waals surface area contributed by atoms with E-state index in [2.05, 4.69) is 20.4 Å². The van der Waals surface area contributed by atoms with E-state index in [0.29, 0.717) is 11.8 Å². The van der Waals surface area contributed by atoms with Gasteiger partial charge in [0.25, 0.3) is 0 Å². The lowest BCUT2D eigenvalue weighted by Crippen LogP contribution is -2.05. The molecule has 1 nitrogen and oxygen atoms in total. The minimum absolute atomic E-state index is 0.222. The van der Waals surface area contributed by atoms with Crippen molar-refractivity contribution in [3.05, 3.63) is 12.2 Å². The molecule has 0 aliphatic heterocycles. The lowest BCUT2D eigenvalue weighted by atomic mass is 9.93. The third-order valence-corrected chi connectivity index (χ3v) is 2.63. The summed E-state index contributed by atoms with van der Waals surface area (Å²) in [7, 11) is 0. The van der Waals surface area contributed by atoms with Gasteiger partial charge in [0, 0.05) is 0 Å². The minimum atomic E-state index is -0.222. The van der Waals surface area contributed by atoms with Gasteiger partial charge in [-0.15, -0.1) is 0 Å². The summed E-state index contributed by atoms with van der Waals surface area (Å²) in [5, 5.41) is 9.37. The molecule has 0 radical (unpaired) electrons. The van der Waals surface area contributed by atoms with Crippen LogP contribution >= 0.6 is 0 Å². The maximum absolute atomic E-state index is 9.37. The Morgan fingerprint density at radius 1 is 1.70 bits per heavy atom. The molecular weight excluding hydrogens is 124 g/mol. The molecule has 1 heteroatoms. The van der Waals surface area contributed by atoms with Crippen molar-refractivity contribution >= 4 is 0 Å². The van der Waals surface area contributed by atoms with Crippen LogP contribution in [-0.4, -0.2) is 11.2 Å². The highest BCUT2D eigenvalue weighted by atomic mass is 16.3. The van der Waals surface area contributed by atoms with Crippen LogP contribution in [0.4, 0.5) is 0 Å². The van der Waals surface area contributed by atoms with Crippen molar-refractivity contribution in [1.29, 1.82) is 0 Å². The van der Waals surface area contributed by atoms with Crippen molar-refractivity contribution in [1.82, 2.24) is 0 Å². The summed E-state index contributed by atoms with van der Waals surface area (Å²) in [4.78, 5) is 0. The van der Waals surface area contributed by atoms with Crippen LogP contribution in [0.5, 0.6) is 0 Å². The van der Waals surface area contributed by atoms with Crippen LogP contribution in [0.3, 0.4) is 0 Å². The number of hydrogen-bond acceptors (Lipinski definition) is 1. The molecule has 1 fully saturated rings. The van der Waals surface area contributed by atoms with Crippen LogP contribution in [0.25, 0.3) is 0 Å². The predicted molar refractivity (Wildman–Crippen MR) is 42.7 cm³/mol. The second-order valence-corrected chi connectivity index (χ2v) is 3.32. The van der Waals surface area contributed by atoms with E-state index in [9.17, 15) is 5.11 Å². The van der Waals surface area contributed by atoms with Crippen LogP contribution in [0, 0.1) is 11.8 Å². The monoisotopic (exact) mass is 140 g/mol. The van der Waals surface area contributed by atoms with Gasteiger partial charge in [-0.25, -0.2) is 0 Å². The largest absolute Gasteiger partial charge is 0.389 e. The van der Waals surface area contributed by atoms with Gasteiger partial charge >= 0.3 is 0 Å². The predicted octanol–water partition coefficient (Wildman–Crippen LogP) is 1.97. The van der Waals surface area contributed by atoms with E-state index in [0.717, 1.165) is 18.4 Å². The van der Waals surface area contributed by atoms with E-state index in [-0.39, 0.29) is 6.10 Å². The van der Waals surface area contributed by atoms with Crippen molar-refractivity contribution in [2.24, 2.45) is 11.8 Å². The first-order valence-electron chi connectivity index (χ1n) is 4.03. The minimum Gasteiger partial charge on any atom is -0.389 e.